The van der Waals surface area contributed by atoms with Crippen molar-refractivity contribution in [1.29, 1.82) is 0 Å². The van der Waals surface area contributed by atoms with Crippen molar-refractivity contribution in [2.24, 2.45) is 0 Å². The number of amides is 1. The molecule has 19 heavy (non-hydrogen) atoms. The van der Waals surface area contributed by atoms with E-state index in [9.17, 15) is 14.0 Å². The average Bonchev–Trinajstić information content (AvgIpc) is 2.27. The maximum Gasteiger partial charge on any atom is 0.411 e. The lowest BCUT2D eigenvalue weighted by Crippen LogP contribution is -2.42. The number of hydrogen-bond donors (Lipinski definition) is 0. The van der Waals surface area contributed by atoms with E-state index < -0.39 is 17.5 Å². The molecule has 1 aromatic carbocycles. The molecule has 102 valence electrons. The van der Waals surface area contributed by atoms with E-state index in [0.29, 0.717) is 11.1 Å². The van der Waals surface area contributed by atoms with Crippen LogP contribution in [-0.2, 0) is 11.3 Å². The number of Topliss-reactive ketones (excluding diaryl/α,β-unsaturated/α-hetero) is 1. The van der Waals surface area contributed by atoms with Gasteiger partial charge in [-0.25, -0.2) is 9.18 Å². The Morgan fingerprint density at radius 2 is 2.00 bits per heavy atom. The van der Waals surface area contributed by atoms with Gasteiger partial charge < -0.3 is 4.74 Å². The first-order chi connectivity index (χ1) is 8.76. The normalized spacial score (nSPS) is 15.2. The van der Waals surface area contributed by atoms with Crippen LogP contribution in [0.3, 0.4) is 0 Å². The van der Waals surface area contributed by atoms with Gasteiger partial charge in [-0.3, -0.25) is 9.69 Å². The molecule has 1 aromatic rings. The molecule has 1 aliphatic heterocycles. The number of ketones is 1. The molecule has 0 saturated heterocycles. The van der Waals surface area contributed by atoms with Crippen LogP contribution in [0.4, 0.5) is 9.18 Å². The van der Waals surface area contributed by atoms with Crippen LogP contribution >= 0.6 is 0 Å². The third-order valence-electron chi connectivity index (χ3n) is 2.72. The van der Waals surface area contributed by atoms with Crippen LogP contribution in [0.15, 0.2) is 18.2 Å². The molecular weight excluding hydrogens is 249 g/mol. The molecule has 0 atom stereocenters. The lowest BCUT2D eigenvalue weighted by molar-refractivity contribution is 0.0220. The van der Waals surface area contributed by atoms with Crippen LogP contribution < -0.4 is 0 Å². The lowest BCUT2D eigenvalue weighted by atomic mass is 9.99. The molecule has 0 saturated carbocycles. The van der Waals surface area contributed by atoms with Crippen molar-refractivity contribution >= 4 is 11.9 Å². The van der Waals surface area contributed by atoms with Gasteiger partial charge in [-0.15, -0.1) is 0 Å². The highest BCUT2D eigenvalue weighted by atomic mass is 19.1. The van der Waals surface area contributed by atoms with E-state index >= 15 is 0 Å². The number of carbonyl (C=O) groups excluding carboxylic acids is 2. The number of hydrogen-bond acceptors (Lipinski definition) is 3. The van der Waals surface area contributed by atoms with Gasteiger partial charge in [0.25, 0.3) is 0 Å². The molecule has 5 heteroatoms. The number of halogens is 1. The highest BCUT2D eigenvalue weighted by Gasteiger charge is 2.29. The fourth-order valence-corrected chi connectivity index (χ4v) is 1.92. The topological polar surface area (TPSA) is 46.6 Å². The molecule has 1 aliphatic rings. The Balaban J connectivity index is 2.19. The van der Waals surface area contributed by atoms with Gasteiger partial charge >= 0.3 is 6.09 Å². The minimum absolute atomic E-state index is 0.0780. The monoisotopic (exact) mass is 265 g/mol. The lowest BCUT2D eigenvalue weighted by Gasteiger charge is -2.30. The van der Waals surface area contributed by atoms with Gasteiger partial charge in [-0.2, -0.15) is 0 Å². The predicted octanol–water partition coefficient (Wildman–Crippen LogP) is 2.76. The van der Waals surface area contributed by atoms with Gasteiger partial charge in [0, 0.05) is 5.56 Å². The third kappa shape index (κ3) is 3.10. The van der Waals surface area contributed by atoms with E-state index in [1.165, 1.54) is 23.1 Å². The molecule has 0 N–H and O–H groups in total. The van der Waals surface area contributed by atoms with E-state index in [0.717, 1.165) is 0 Å². The Hall–Kier alpha value is -1.91. The summed E-state index contributed by atoms with van der Waals surface area (Å²) in [6.07, 6.45) is -0.532. The summed E-state index contributed by atoms with van der Waals surface area (Å²) in [7, 11) is 0. The molecule has 1 heterocycles. The Morgan fingerprint density at radius 1 is 1.32 bits per heavy atom. The van der Waals surface area contributed by atoms with Gasteiger partial charge in [0.1, 0.15) is 11.4 Å². The van der Waals surface area contributed by atoms with Crippen molar-refractivity contribution in [2.45, 2.75) is 32.9 Å². The number of benzene rings is 1. The summed E-state index contributed by atoms with van der Waals surface area (Å²) >= 11 is 0. The van der Waals surface area contributed by atoms with Crippen molar-refractivity contribution in [3.8, 4) is 0 Å². The maximum absolute atomic E-state index is 13.1. The van der Waals surface area contributed by atoms with Crippen LogP contribution in [0.5, 0.6) is 0 Å². The second kappa shape index (κ2) is 4.64. The number of nitrogens with zero attached hydrogens (tertiary/aromatic N) is 1. The highest BCUT2D eigenvalue weighted by Crippen LogP contribution is 2.21. The second-order valence-corrected chi connectivity index (χ2v) is 5.56. The number of rotatable bonds is 0. The maximum atomic E-state index is 13.1. The average molecular weight is 265 g/mol. The smallest absolute Gasteiger partial charge is 0.411 e. The minimum atomic E-state index is -0.608. The number of carbonyl (C=O) groups is 2. The Labute approximate surface area is 111 Å². The van der Waals surface area contributed by atoms with E-state index in [4.69, 9.17) is 4.74 Å². The molecule has 0 aliphatic carbocycles. The first-order valence-electron chi connectivity index (χ1n) is 6.06. The molecule has 0 radical (unpaired) electrons. The minimum Gasteiger partial charge on any atom is -0.444 e. The summed E-state index contributed by atoms with van der Waals surface area (Å²) < 4.78 is 18.3. The van der Waals surface area contributed by atoms with E-state index in [2.05, 4.69) is 0 Å². The number of fused-ring (bicyclic) bond motifs is 1. The summed E-state index contributed by atoms with van der Waals surface area (Å²) in [6, 6.07) is 4.02. The molecule has 0 bridgehead atoms. The van der Waals surface area contributed by atoms with Crippen LogP contribution in [0, 0.1) is 5.82 Å². The molecular formula is C14H16FNO3. The highest BCUT2D eigenvalue weighted by molar-refractivity contribution is 6.01. The van der Waals surface area contributed by atoms with Crippen LogP contribution in [-0.4, -0.2) is 28.9 Å². The molecule has 0 unspecified atom stereocenters. The zero-order valence-corrected chi connectivity index (χ0v) is 11.2. The Morgan fingerprint density at radius 3 is 2.63 bits per heavy atom. The van der Waals surface area contributed by atoms with Crippen LogP contribution in [0.2, 0.25) is 0 Å². The zero-order chi connectivity index (χ0) is 14.2. The molecule has 1 amide bonds. The van der Waals surface area contributed by atoms with E-state index in [1.54, 1.807) is 20.8 Å². The van der Waals surface area contributed by atoms with Gasteiger partial charge in [-0.05, 0) is 38.5 Å². The number of ether oxygens (including phenoxy) is 1. The first-order valence-corrected chi connectivity index (χ1v) is 6.06. The molecule has 2 rings (SSSR count). The van der Waals surface area contributed by atoms with Crippen molar-refractivity contribution in [1.82, 2.24) is 4.90 Å². The molecule has 4 nitrogen and oxygen atoms in total. The predicted molar refractivity (Wildman–Crippen MR) is 67.4 cm³/mol. The van der Waals surface area contributed by atoms with Gasteiger partial charge in [0.05, 0.1) is 13.1 Å². The fraction of sp³-hybridized carbons (Fsp3) is 0.429. The summed E-state index contributed by atoms with van der Waals surface area (Å²) in [5.74, 6) is -0.718. The van der Waals surface area contributed by atoms with Crippen molar-refractivity contribution in [3.63, 3.8) is 0 Å². The molecule has 0 spiro atoms. The van der Waals surface area contributed by atoms with Crippen LogP contribution in [0.25, 0.3) is 0 Å². The standard InChI is InChI=1S/C14H16FNO3/c1-14(2,3)19-13(18)16-7-9-4-5-10(15)6-11(9)12(17)8-16/h4-6H,7-8H2,1-3H3. The fourth-order valence-electron chi connectivity index (χ4n) is 1.92. The van der Waals surface area contributed by atoms with Crippen molar-refractivity contribution < 1.29 is 18.7 Å². The van der Waals surface area contributed by atoms with Gasteiger partial charge in [0.15, 0.2) is 5.78 Å². The van der Waals surface area contributed by atoms with E-state index in [1.807, 2.05) is 0 Å². The quantitative estimate of drug-likeness (QED) is 0.724. The second-order valence-electron chi connectivity index (χ2n) is 5.56. The van der Waals surface area contributed by atoms with Crippen LogP contribution in [0.1, 0.15) is 36.7 Å². The van der Waals surface area contributed by atoms with Crippen molar-refractivity contribution in [2.75, 3.05) is 6.54 Å². The molecule has 0 aromatic heterocycles. The molecule has 0 fully saturated rings. The van der Waals surface area contributed by atoms with E-state index in [-0.39, 0.29) is 18.9 Å². The Bertz CT molecular complexity index is 534. The summed E-state index contributed by atoms with van der Waals surface area (Å²) in [4.78, 5) is 25.1. The zero-order valence-electron chi connectivity index (χ0n) is 11.2. The van der Waals surface area contributed by atoms with Crippen molar-refractivity contribution in [3.05, 3.63) is 35.1 Å². The SMILES string of the molecule is CC(C)(C)OC(=O)N1CC(=O)c2cc(F)ccc2C1. The summed E-state index contributed by atoms with van der Waals surface area (Å²) in [6.45, 7) is 5.47. The first kappa shape index (κ1) is 13.5. The summed E-state index contributed by atoms with van der Waals surface area (Å²) in [5, 5.41) is 0. The van der Waals surface area contributed by atoms with Gasteiger partial charge in [-0.1, -0.05) is 6.07 Å². The summed E-state index contributed by atoms with van der Waals surface area (Å²) in [5.41, 5.74) is 0.381. The Kier molecular flexibility index (Phi) is 3.30. The third-order valence-corrected chi connectivity index (χ3v) is 2.72. The largest absolute Gasteiger partial charge is 0.444 e. The van der Waals surface area contributed by atoms with Gasteiger partial charge in [0.2, 0.25) is 0 Å².